The Morgan fingerprint density at radius 2 is 1.90 bits per heavy atom. The first-order valence-electron chi connectivity index (χ1n) is 6.90. The van der Waals surface area contributed by atoms with Gasteiger partial charge in [-0.25, -0.2) is 4.79 Å². The maximum atomic E-state index is 11.3. The lowest BCUT2D eigenvalue weighted by Crippen LogP contribution is -2.18. The van der Waals surface area contributed by atoms with Crippen LogP contribution >= 0.6 is 11.6 Å². The second kappa shape index (κ2) is 7.14. The summed E-state index contributed by atoms with van der Waals surface area (Å²) in [4.78, 5) is 11.3. The van der Waals surface area contributed by atoms with Crippen LogP contribution < -0.4 is 5.32 Å². The van der Waals surface area contributed by atoms with Crippen molar-refractivity contribution >= 4 is 23.3 Å². The molecule has 21 heavy (non-hydrogen) atoms. The maximum Gasteiger partial charge on any atom is 0.339 e. The van der Waals surface area contributed by atoms with Crippen molar-refractivity contribution in [1.29, 1.82) is 0 Å². The standard InChI is InChI=1S/C17H18ClNO2/c1-12(10-11-13-6-3-2-4-7-13)19-15-9-5-8-14(18)16(15)17(20)21/h2-9,12,19H,10-11H2,1H3,(H,20,21). The summed E-state index contributed by atoms with van der Waals surface area (Å²) < 4.78 is 0. The van der Waals surface area contributed by atoms with Crippen LogP contribution in [0, 0.1) is 0 Å². The van der Waals surface area contributed by atoms with Gasteiger partial charge in [-0.15, -0.1) is 0 Å². The van der Waals surface area contributed by atoms with Gasteiger partial charge in [-0.1, -0.05) is 48.0 Å². The number of benzene rings is 2. The van der Waals surface area contributed by atoms with E-state index in [0.717, 1.165) is 12.8 Å². The summed E-state index contributed by atoms with van der Waals surface area (Å²) in [6.07, 6.45) is 1.85. The molecule has 0 aromatic heterocycles. The molecule has 0 bridgehead atoms. The van der Waals surface area contributed by atoms with Crippen LogP contribution in [0.2, 0.25) is 5.02 Å². The van der Waals surface area contributed by atoms with Crippen molar-refractivity contribution in [2.45, 2.75) is 25.8 Å². The molecule has 0 heterocycles. The number of halogens is 1. The Kier molecular flexibility index (Phi) is 5.23. The highest BCUT2D eigenvalue weighted by Gasteiger charge is 2.15. The quantitative estimate of drug-likeness (QED) is 0.827. The fourth-order valence-electron chi connectivity index (χ4n) is 2.23. The Bertz CT molecular complexity index is 613. The molecule has 3 nitrogen and oxygen atoms in total. The molecule has 4 heteroatoms. The van der Waals surface area contributed by atoms with E-state index in [0.29, 0.717) is 5.69 Å². The third kappa shape index (κ3) is 4.23. The number of carbonyl (C=O) groups is 1. The molecule has 2 aromatic carbocycles. The van der Waals surface area contributed by atoms with Crippen molar-refractivity contribution in [3.05, 3.63) is 64.7 Å². The zero-order valence-corrected chi connectivity index (χ0v) is 12.6. The second-order valence-corrected chi connectivity index (χ2v) is 5.44. The molecule has 2 aromatic rings. The molecule has 1 atom stereocenters. The SMILES string of the molecule is CC(CCc1ccccc1)Nc1cccc(Cl)c1C(=O)O. The summed E-state index contributed by atoms with van der Waals surface area (Å²) in [5.41, 5.74) is 1.97. The molecule has 110 valence electrons. The lowest BCUT2D eigenvalue weighted by molar-refractivity contribution is 0.0698. The summed E-state index contributed by atoms with van der Waals surface area (Å²) in [5.74, 6) is -1.02. The third-order valence-corrected chi connectivity index (χ3v) is 3.65. The summed E-state index contributed by atoms with van der Waals surface area (Å²) in [6.45, 7) is 2.04. The van der Waals surface area contributed by atoms with Crippen LogP contribution in [-0.4, -0.2) is 17.1 Å². The van der Waals surface area contributed by atoms with E-state index < -0.39 is 5.97 Å². The van der Waals surface area contributed by atoms with Crippen LogP contribution in [-0.2, 0) is 6.42 Å². The van der Waals surface area contributed by atoms with Gasteiger partial charge < -0.3 is 10.4 Å². The zero-order chi connectivity index (χ0) is 15.2. The van der Waals surface area contributed by atoms with Gasteiger partial charge in [-0.3, -0.25) is 0 Å². The molecule has 2 N–H and O–H groups in total. The number of aryl methyl sites for hydroxylation is 1. The highest BCUT2D eigenvalue weighted by atomic mass is 35.5. The number of carboxylic acids is 1. The molecular weight excluding hydrogens is 286 g/mol. The third-order valence-electron chi connectivity index (χ3n) is 3.34. The molecule has 0 fully saturated rings. The fourth-order valence-corrected chi connectivity index (χ4v) is 2.48. The summed E-state index contributed by atoms with van der Waals surface area (Å²) in [7, 11) is 0. The highest BCUT2D eigenvalue weighted by molar-refractivity contribution is 6.34. The average Bonchev–Trinajstić information content (AvgIpc) is 2.46. The number of nitrogens with one attached hydrogen (secondary N) is 1. The van der Waals surface area contributed by atoms with Crippen LogP contribution in [0.5, 0.6) is 0 Å². The van der Waals surface area contributed by atoms with E-state index in [1.165, 1.54) is 5.56 Å². The lowest BCUT2D eigenvalue weighted by atomic mass is 10.1. The Morgan fingerprint density at radius 1 is 1.19 bits per heavy atom. The molecule has 0 aliphatic heterocycles. The Balaban J connectivity index is 2.01. The monoisotopic (exact) mass is 303 g/mol. The van der Waals surface area contributed by atoms with Crippen LogP contribution in [0.15, 0.2) is 48.5 Å². The average molecular weight is 304 g/mol. The number of hydrogen-bond acceptors (Lipinski definition) is 2. The van der Waals surface area contributed by atoms with Gasteiger partial charge in [0.1, 0.15) is 5.56 Å². The molecule has 0 amide bonds. The normalized spacial score (nSPS) is 11.9. The van der Waals surface area contributed by atoms with Gasteiger partial charge in [-0.2, -0.15) is 0 Å². The Labute approximate surface area is 129 Å². The fraction of sp³-hybridized carbons (Fsp3) is 0.235. The lowest BCUT2D eigenvalue weighted by Gasteiger charge is -2.17. The van der Waals surface area contributed by atoms with E-state index in [1.54, 1.807) is 18.2 Å². The van der Waals surface area contributed by atoms with Gasteiger partial charge in [0.2, 0.25) is 0 Å². The van der Waals surface area contributed by atoms with Crippen LogP contribution in [0.4, 0.5) is 5.69 Å². The smallest absolute Gasteiger partial charge is 0.339 e. The van der Waals surface area contributed by atoms with Crippen molar-refractivity contribution in [1.82, 2.24) is 0 Å². The van der Waals surface area contributed by atoms with Gasteiger partial charge in [-0.05, 0) is 37.5 Å². The van der Waals surface area contributed by atoms with Crippen molar-refractivity contribution in [2.24, 2.45) is 0 Å². The summed E-state index contributed by atoms with van der Waals surface area (Å²) in [6, 6.07) is 15.5. The van der Waals surface area contributed by atoms with Gasteiger partial charge in [0.15, 0.2) is 0 Å². The highest BCUT2D eigenvalue weighted by Crippen LogP contribution is 2.25. The molecule has 0 aliphatic rings. The molecule has 0 saturated heterocycles. The minimum absolute atomic E-state index is 0.130. The Morgan fingerprint density at radius 3 is 2.57 bits per heavy atom. The minimum Gasteiger partial charge on any atom is -0.478 e. The number of rotatable bonds is 6. The molecule has 0 radical (unpaired) electrons. The predicted molar refractivity (Wildman–Crippen MR) is 86.3 cm³/mol. The second-order valence-electron chi connectivity index (χ2n) is 5.04. The largest absolute Gasteiger partial charge is 0.478 e. The van der Waals surface area contributed by atoms with Gasteiger partial charge in [0.05, 0.1) is 10.7 Å². The minimum atomic E-state index is -1.02. The first-order valence-corrected chi connectivity index (χ1v) is 7.28. The van der Waals surface area contributed by atoms with E-state index in [4.69, 9.17) is 11.6 Å². The van der Waals surface area contributed by atoms with Crippen LogP contribution in [0.25, 0.3) is 0 Å². The molecule has 0 saturated carbocycles. The van der Waals surface area contributed by atoms with E-state index in [1.807, 2.05) is 25.1 Å². The first-order chi connectivity index (χ1) is 10.1. The molecule has 0 aliphatic carbocycles. The molecular formula is C17H18ClNO2. The summed E-state index contributed by atoms with van der Waals surface area (Å²) in [5, 5.41) is 12.7. The number of carboxylic acid groups (broad SMARTS) is 1. The van der Waals surface area contributed by atoms with Crippen molar-refractivity contribution in [3.63, 3.8) is 0 Å². The van der Waals surface area contributed by atoms with Crippen molar-refractivity contribution < 1.29 is 9.90 Å². The number of hydrogen-bond donors (Lipinski definition) is 2. The molecule has 1 unspecified atom stereocenters. The van der Waals surface area contributed by atoms with Crippen LogP contribution in [0.3, 0.4) is 0 Å². The number of aromatic carboxylic acids is 1. The van der Waals surface area contributed by atoms with Crippen LogP contribution in [0.1, 0.15) is 29.3 Å². The van der Waals surface area contributed by atoms with E-state index in [-0.39, 0.29) is 16.6 Å². The van der Waals surface area contributed by atoms with E-state index in [9.17, 15) is 9.90 Å². The van der Waals surface area contributed by atoms with Gasteiger partial charge in [0.25, 0.3) is 0 Å². The van der Waals surface area contributed by atoms with E-state index in [2.05, 4.69) is 17.4 Å². The number of anilines is 1. The predicted octanol–water partition coefficient (Wildman–Crippen LogP) is 4.47. The topological polar surface area (TPSA) is 49.3 Å². The van der Waals surface area contributed by atoms with Gasteiger partial charge in [0, 0.05) is 6.04 Å². The van der Waals surface area contributed by atoms with Crippen molar-refractivity contribution in [3.8, 4) is 0 Å². The zero-order valence-electron chi connectivity index (χ0n) is 11.8. The molecule has 0 spiro atoms. The first kappa shape index (κ1) is 15.4. The Hall–Kier alpha value is -2.00. The van der Waals surface area contributed by atoms with Crippen molar-refractivity contribution in [2.75, 3.05) is 5.32 Å². The maximum absolute atomic E-state index is 11.3. The molecule has 2 rings (SSSR count). The summed E-state index contributed by atoms with van der Waals surface area (Å²) >= 11 is 5.96. The van der Waals surface area contributed by atoms with Gasteiger partial charge >= 0.3 is 5.97 Å². The van der Waals surface area contributed by atoms with E-state index >= 15 is 0 Å².